The number of nitrogens with two attached hydrogens (primary N) is 1. The van der Waals surface area contributed by atoms with Crippen LogP contribution in [0.2, 0.25) is 0 Å². The predicted octanol–water partition coefficient (Wildman–Crippen LogP) is 3.93. The molecule has 0 amide bonds. The maximum absolute atomic E-state index is 6.06. The minimum absolute atomic E-state index is 0.167. The Hall–Kier alpha value is -1.02. The second-order valence-electron chi connectivity index (χ2n) is 5.94. The van der Waals surface area contributed by atoms with Crippen molar-refractivity contribution in [1.29, 1.82) is 0 Å². The van der Waals surface area contributed by atoms with Gasteiger partial charge in [-0.05, 0) is 24.5 Å². The van der Waals surface area contributed by atoms with Gasteiger partial charge in [0.2, 0.25) is 0 Å². The third kappa shape index (κ3) is 3.73. The van der Waals surface area contributed by atoms with Crippen molar-refractivity contribution in [2.24, 2.45) is 11.1 Å². The third-order valence-corrected chi connectivity index (χ3v) is 4.32. The first-order valence-electron chi connectivity index (χ1n) is 7.70. The number of benzene rings is 1. The Balaban J connectivity index is 1.90. The van der Waals surface area contributed by atoms with Crippen LogP contribution in [-0.4, -0.2) is 13.2 Å². The summed E-state index contributed by atoms with van der Waals surface area (Å²) in [5, 5.41) is 0. The molecule has 2 N–H and O–H groups in total. The van der Waals surface area contributed by atoms with E-state index in [2.05, 4.69) is 25.1 Å². The second kappa shape index (κ2) is 6.95. The normalized spacial score (nSPS) is 21.8. The van der Waals surface area contributed by atoms with Gasteiger partial charge in [-0.3, -0.25) is 0 Å². The largest absolute Gasteiger partial charge is 0.493 e. The smallest absolute Gasteiger partial charge is 0.122 e. The summed E-state index contributed by atoms with van der Waals surface area (Å²) in [5.74, 6) is 1.05. The fraction of sp³-hybridized carbons (Fsp3) is 0.647. The molecule has 0 aliphatic carbocycles. The van der Waals surface area contributed by atoms with Gasteiger partial charge in [0.1, 0.15) is 5.75 Å². The average Bonchev–Trinajstić information content (AvgIpc) is 2.47. The molecule has 2 nitrogen and oxygen atoms in total. The van der Waals surface area contributed by atoms with Crippen molar-refractivity contribution in [3.05, 3.63) is 29.8 Å². The van der Waals surface area contributed by atoms with Gasteiger partial charge in [-0.1, -0.05) is 57.2 Å². The number of para-hydroxylation sites is 1. The number of ether oxygens (including phenoxy) is 1. The lowest BCUT2D eigenvalue weighted by Crippen LogP contribution is -2.41. The SMILES string of the molecule is CCCCCCCC1(CN)COc2ccccc2C1. The quantitative estimate of drug-likeness (QED) is 0.755. The van der Waals surface area contributed by atoms with E-state index in [0.717, 1.165) is 25.3 Å². The summed E-state index contributed by atoms with van der Waals surface area (Å²) in [7, 11) is 0. The van der Waals surface area contributed by atoms with Crippen LogP contribution < -0.4 is 10.5 Å². The molecule has 0 saturated carbocycles. The van der Waals surface area contributed by atoms with Crippen molar-refractivity contribution < 1.29 is 4.74 Å². The highest BCUT2D eigenvalue weighted by molar-refractivity contribution is 5.36. The highest BCUT2D eigenvalue weighted by Gasteiger charge is 2.33. The predicted molar refractivity (Wildman–Crippen MR) is 80.5 cm³/mol. The highest BCUT2D eigenvalue weighted by atomic mass is 16.5. The first-order chi connectivity index (χ1) is 9.29. The molecule has 1 aliphatic heterocycles. The van der Waals surface area contributed by atoms with E-state index < -0.39 is 0 Å². The summed E-state index contributed by atoms with van der Waals surface area (Å²) in [5.41, 5.74) is 7.55. The van der Waals surface area contributed by atoms with Crippen molar-refractivity contribution in [2.75, 3.05) is 13.2 Å². The van der Waals surface area contributed by atoms with E-state index >= 15 is 0 Å². The van der Waals surface area contributed by atoms with Gasteiger partial charge in [0.05, 0.1) is 6.61 Å². The standard InChI is InChI=1S/C17H27NO/c1-2-3-4-5-8-11-17(13-18)12-15-9-6-7-10-16(15)19-14-17/h6-7,9-10H,2-5,8,11-14,18H2,1H3. The number of rotatable bonds is 7. The van der Waals surface area contributed by atoms with E-state index in [0.29, 0.717) is 0 Å². The lowest BCUT2D eigenvalue weighted by molar-refractivity contribution is 0.114. The molecule has 1 aromatic rings. The summed E-state index contributed by atoms with van der Waals surface area (Å²) in [4.78, 5) is 0. The average molecular weight is 261 g/mol. The number of fused-ring (bicyclic) bond motifs is 1. The van der Waals surface area contributed by atoms with Gasteiger partial charge in [-0.15, -0.1) is 0 Å². The molecule has 0 fully saturated rings. The molecule has 106 valence electrons. The summed E-state index contributed by atoms with van der Waals surface area (Å²) in [6, 6.07) is 8.38. The minimum Gasteiger partial charge on any atom is -0.493 e. The van der Waals surface area contributed by atoms with E-state index in [1.54, 1.807) is 0 Å². The summed E-state index contributed by atoms with van der Waals surface area (Å²) < 4.78 is 5.93. The molecular weight excluding hydrogens is 234 g/mol. The Morgan fingerprint density at radius 2 is 1.95 bits per heavy atom. The molecule has 1 heterocycles. The van der Waals surface area contributed by atoms with Crippen LogP contribution in [0.1, 0.15) is 51.0 Å². The fourth-order valence-corrected chi connectivity index (χ4v) is 2.97. The van der Waals surface area contributed by atoms with Crippen LogP contribution in [0.3, 0.4) is 0 Å². The molecule has 2 rings (SSSR count). The maximum Gasteiger partial charge on any atom is 0.122 e. The second-order valence-corrected chi connectivity index (χ2v) is 5.94. The van der Waals surface area contributed by atoms with Gasteiger partial charge in [-0.25, -0.2) is 0 Å². The molecule has 0 spiro atoms. The Kier molecular flexibility index (Phi) is 5.26. The molecule has 0 bridgehead atoms. The summed E-state index contributed by atoms with van der Waals surface area (Å²) in [6.07, 6.45) is 8.90. The zero-order valence-electron chi connectivity index (χ0n) is 12.2. The van der Waals surface area contributed by atoms with Gasteiger partial charge in [0.25, 0.3) is 0 Å². The fourth-order valence-electron chi connectivity index (χ4n) is 2.97. The van der Waals surface area contributed by atoms with Gasteiger partial charge in [0.15, 0.2) is 0 Å². The summed E-state index contributed by atoms with van der Waals surface area (Å²) in [6.45, 7) is 3.77. The Morgan fingerprint density at radius 1 is 1.16 bits per heavy atom. The van der Waals surface area contributed by atoms with E-state index in [1.165, 1.54) is 44.1 Å². The highest BCUT2D eigenvalue weighted by Crippen LogP contribution is 2.37. The zero-order chi connectivity index (χ0) is 13.6. The first-order valence-corrected chi connectivity index (χ1v) is 7.70. The molecule has 1 aromatic carbocycles. The molecule has 2 heteroatoms. The van der Waals surface area contributed by atoms with Crippen LogP contribution in [0.4, 0.5) is 0 Å². The third-order valence-electron chi connectivity index (χ3n) is 4.32. The lowest BCUT2D eigenvalue weighted by Gasteiger charge is -2.37. The monoisotopic (exact) mass is 261 g/mol. The van der Waals surface area contributed by atoms with Crippen molar-refractivity contribution in [3.63, 3.8) is 0 Å². The molecule has 0 saturated heterocycles. The van der Waals surface area contributed by atoms with Gasteiger partial charge < -0.3 is 10.5 Å². The Morgan fingerprint density at radius 3 is 2.74 bits per heavy atom. The van der Waals surface area contributed by atoms with Gasteiger partial charge >= 0.3 is 0 Å². The zero-order valence-corrected chi connectivity index (χ0v) is 12.2. The maximum atomic E-state index is 6.06. The number of unbranched alkanes of at least 4 members (excludes halogenated alkanes) is 4. The van der Waals surface area contributed by atoms with E-state index in [4.69, 9.17) is 10.5 Å². The van der Waals surface area contributed by atoms with Crippen LogP contribution in [-0.2, 0) is 6.42 Å². The first kappa shape index (κ1) is 14.4. The number of hydrogen-bond donors (Lipinski definition) is 1. The molecule has 19 heavy (non-hydrogen) atoms. The molecule has 1 unspecified atom stereocenters. The van der Waals surface area contributed by atoms with Crippen LogP contribution >= 0.6 is 0 Å². The van der Waals surface area contributed by atoms with E-state index in [-0.39, 0.29) is 5.41 Å². The van der Waals surface area contributed by atoms with Crippen LogP contribution in [0.15, 0.2) is 24.3 Å². The lowest BCUT2D eigenvalue weighted by atomic mass is 9.76. The van der Waals surface area contributed by atoms with E-state index in [1.807, 2.05) is 6.07 Å². The van der Waals surface area contributed by atoms with Gasteiger partial charge in [-0.2, -0.15) is 0 Å². The van der Waals surface area contributed by atoms with Crippen LogP contribution in [0.25, 0.3) is 0 Å². The van der Waals surface area contributed by atoms with Crippen molar-refractivity contribution in [1.82, 2.24) is 0 Å². The van der Waals surface area contributed by atoms with Crippen molar-refractivity contribution in [3.8, 4) is 5.75 Å². The minimum atomic E-state index is 0.167. The molecule has 0 aromatic heterocycles. The van der Waals surface area contributed by atoms with Crippen molar-refractivity contribution >= 4 is 0 Å². The van der Waals surface area contributed by atoms with Crippen molar-refractivity contribution in [2.45, 2.75) is 51.9 Å². The molecular formula is C17H27NO. The van der Waals surface area contributed by atoms with Crippen LogP contribution in [0, 0.1) is 5.41 Å². The van der Waals surface area contributed by atoms with Gasteiger partial charge in [0, 0.05) is 12.0 Å². The van der Waals surface area contributed by atoms with E-state index in [9.17, 15) is 0 Å². The van der Waals surface area contributed by atoms with Crippen LogP contribution in [0.5, 0.6) is 5.75 Å². The Bertz CT molecular complexity index is 391. The molecule has 1 aliphatic rings. The topological polar surface area (TPSA) is 35.2 Å². The molecule has 0 radical (unpaired) electrons. The Labute approximate surface area is 117 Å². The number of hydrogen-bond acceptors (Lipinski definition) is 2. The summed E-state index contributed by atoms with van der Waals surface area (Å²) >= 11 is 0. The molecule has 1 atom stereocenters.